The molecule has 0 aliphatic carbocycles. The van der Waals surface area contributed by atoms with Crippen LogP contribution in [0.1, 0.15) is 23.6 Å². The Morgan fingerprint density at radius 1 is 0.438 bits per heavy atom. The van der Waals surface area contributed by atoms with E-state index in [1.165, 1.54) is 0 Å². The molecule has 3 aromatic rings. The van der Waals surface area contributed by atoms with Crippen LogP contribution in [0.3, 0.4) is 0 Å². The van der Waals surface area contributed by atoms with Crippen molar-refractivity contribution in [1.82, 2.24) is 0 Å². The van der Waals surface area contributed by atoms with Gasteiger partial charge in [0.05, 0.1) is 28.4 Å². The van der Waals surface area contributed by atoms with Crippen LogP contribution < -0.4 is 28.4 Å². The van der Waals surface area contributed by atoms with Crippen LogP contribution in [0.15, 0.2) is 54.6 Å². The van der Waals surface area contributed by atoms with Crippen molar-refractivity contribution in [1.29, 1.82) is 0 Å². The molecule has 0 aliphatic heterocycles. The molecule has 0 unspecified atom stereocenters. The van der Waals surface area contributed by atoms with Crippen molar-refractivity contribution in [2.75, 3.05) is 28.4 Å². The van der Waals surface area contributed by atoms with Gasteiger partial charge in [0.1, 0.15) is 47.7 Å². The highest BCUT2D eigenvalue weighted by Gasteiger charge is 2.08. The molecular weight excluding hydrogens is 408 g/mol. The number of ether oxygens (including phenoxy) is 6. The van der Waals surface area contributed by atoms with E-state index in [-0.39, 0.29) is 0 Å². The lowest BCUT2D eigenvalue weighted by atomic mass is 10.1. The molecule has 0 atom stereocenters. The molecule has 0 fully saturated rings. The lowest BCUT2D eigenvalue weighted by Crippen LogP contribution is -2.00. The van der Waals surface area contributed by atoms with Gasteiger partial charge in [-0.1, -0.05) is 6.92 Å². The summed E-state index contributed by atoms with van der Waals surface area (Å²) in [6, 6.07) is 17.3. The molecule has 6 heteroatoms. The zero-order valence-corrected chi connectivity index (χ0v) is 19.3. The summed E-state index contributed by atoms with van der Waals surface area (Å²) in [6.07, 6.45) is 0.869. The van der Waals surface area contributed by atoms with E-state index in [0.29, 0.717) is 13.2 Å². The molecule has 3 aromatic carbocycles. The van der Waals surface area contributed by atoms with Crippen molar-refractivity contribution in [3.63, 3.8) is 0 Å². The lowest BCUT2D eigenvalue weighted by molar-refractivity contribution is 0.287. The monoisotopic (exact) mass is 438 g/mol. The molecule has 0 radical (unpaired) electrons. The number of methoxy groups -OCH3 is 4. The van der Waals surface area contributed by atoms with Gasteiger partial charge in [-0.15, -0.1) is 0 Å². The van der Waals surface area contributed by atoms with Crippen LogP contribution in [0.2, 0.25) is 0 Å². The molecule has 0 amide bonds. The maximum absolute atomic E-state index is 6.07. The Hall–Kier alpha value is -3.54. The third-order valence-corrected chi connectivity index (χ3v) is 4.98. The smallest absolute Gasteiger partial charge is 0.123 e. The van der Waals surface area contributed by atoms with E-state index in [4.69, 9.17) is 28.4 Å². The molecule has 0 heterocycles. The first kappa shape index (κ1) is 23.1. The van der Waals surface area contributed by atoms with Crippen molar-refractivity contribution in [2.45, 2.75) is 26.6 Å². The van der Waals surface area contributed by atoms with E-state index in [1.54, 1.807) is 28.4 Å². The molecule has 170 valence electrons. The minimum Gasteiger partial charge on any atom is -0.497 e. The first-order valence-corrected chi connectivity index (χ1v) is 10.4. The summed E-state index contributed by atoms with van der Waals surface area (Å²) in [5, 5.41) is 0. The molecule has 0 saturated carbocycles. The maximum atomic E-state index is 6.07. The lowest BCUT2D eigenvalue weighted by Gasteiger charge is -2.14. The summed E-state index contributed by atoms with van der Waals surface area (Å²) in [5.74, 6) is 4.38. The van der Waals surface area contributed by atoms with Gasteiger partial charge in [-0.25, -0.2) is 0 Å². The SMILES string of the molecule is CCc1cc(OCc2cc(OC)cc(OC)c2)cc(OCc2cc(OC)cc(OC)c2)c1. The highest BCUT2D eigenvalue weighted by molar-refractivity contribution is 5.41. The van der Waals surface area contributed by atoms with E-state index in [1.807, 2.05) is 54.6 Å². The molecule has 0 spiro atoms. The quantitative estimate of drug-likeness (QED) is 0.397. The molecule has 0 aromatic heterocycles. The van der Waals surface area contributed by atoms with Gasteiger partial charge in [0, 0.05) is 18.2 Å². The normalized spacial score (nSPS) is 10.4. The zero-order valence-electron chi connectivity index (χ0n) is 19.3. The Balaban J connectivity index is 1.73. The third-order valence-electron chi connectivity index (χ3n) is 4.98. The fourth-order valence-corrected chi connectivity index (χ4v) is 3.23. The van der Waals surface area contributed by atoms with E-state index in [9.17, 15) is 0 Å². The van der Waals surface area contributed by atoms with Crippen LogP contribution in [-0.4, -0.2) is 28.4 Å². The molecule has 0 saturated heterocycles. The van der Waals surface area contributed by atoms with E-state index in [0.717, 1.165) is 57.6 Å². The van der Waals surface area contributed by atoms with Crippen molar-refractivity contribution < 1.29 is 28.4 Å². The van der Waals surface area contributed by atoms with Gasteiger partial charge < -0.3 is 28.4 Å². The van der Waals surface area contributed by atoms with Crippen LogP contribution in [0.5, 0.6) is 34.5 Å². The van der Waals surface area contributed by atoms with Gasteiger partial charge in [0.25, 0.3) is 0 Å². The topological polar surface area (TPSA) is 55.4 Å². The number of rotatable bonds is 11. The second-order valence-corrected chi connectivity index (χ2v) is 7.19. The second-order valence-electron chi connectivity index (χ2n) is 7.19. The summed E-state index contributed by atoms with van der Waals surface area (Å²) in [6.45, 7) is 2.86. The van der Waals surface area contributed by atoms with Crippen LogP contribution >= 0.6 is 0 Å². The van der Waals surface area contributed by atoms with Crippen molar-refractivity contribution >= 4 is 0 Å². The van der Waals surface area contributed by atoms with E-state index < -0.39 is 0 Å². The first-order valence-electron chi connectivity index (χ1n) is 10.4. The summed E-state index contributed by atoms with van der Waals surface area (Å²) >= 11 is 0. The fraction of sp³-hybridized carbons (Fsp3) is 0.308. The summed E-state index contributed by atoms with van der Waals surface area (Å²) in [4.78, 5) is 0. The minimum atomic E-state index is 0.382. The predicted molar refractivity (Wildman–Crippen MR) is 124 cm³/mol. The summed E-state index contributed by atoms with van der Waals surface area (Å²) in [7, 11) is 6.52. The van der Waals surface area contributed by atoms with Gasteiger partial charge in [-0.05, 0) is 59.5 Å². The fourth-order valence-electron chi connectivity index (χ4n) is 3.23. The van der Waals surface area contributed by atoms with Gasteiger partial charge in [-0.3, -0.25) is 0 Å². The Morgan fingerprint density at radius 2 is 0.750 bits per heavy atom. The Morgan fingerprint density at radius 3 is 1.06 bits per heavy atom. The molecule has 32 heavy (non-hydrogen) atoms. The maximum Gasteiger partial charge on any atom is 0.123 e. The number of hydrogen-bond acceptors (Lipinski definition) is 6. The molecule has 0 bridgehead atoms. The highest BCUT2D eigenvalue weighted by Crippen LogP contribution is 2.28. The average Bonchev–Trinajstić information content (AvgIpc) is 2.85. The molecule has 0 N–H and O–H groups in total. The zero-order chi connectivity index (χ0) is 22.9. The first-order chi connectivity index (χ1) is 15.6. The van der Waals surface area contributed by atoms with Gasteiger partial charge in [0.2, 0.25) is 0 Å². The molecule has 3 rings (SSSR count). The van der Waals surface area contributed by atoms with Gasteiger partial charge in [-0.2, -0.15) is 0 Å². The largest absolute Gasteiger partial charge is 0.497 e. The number of aryl methyl sites for hydroxylation is 1. The highest BCUT2D eigenvalue weighted by atomic mass is 16.5. The van der Waals surface area contributed by atoms with Crippen LogP contribution in [0.4, 0.5) is 0 Å². The molecule has 6 nitrogen and oxygen atoms in total. The van der Waals surface area contributed by atoms with E-state index in [2.05, 4.69) is 6.92 Å². The van der Waals surface area contributed by atoms with Crippen LogP contribution in [0, 0.1) is 0 Å². The summed E-state index contributed by atoms with van der Waals surface area (Å²) < 4.78 is 33.5. The van der Waals surface area contributed by atoms with Crippen molar-refractivity contribution in [3.8, 4) is 34.5 Å². The van der Waals surface area contributed by atoms with Crippen LogP contribution in [-0.2, 0) is 19.6 Å². The minimum absolute atomic E-state index is 0.382. The molecule has 0 aliphatic rings. The van der Waals surface area contributed by atoms with Crippen LogP contribution in [0.25, 0.3) is 0 Å². The van der Waals surface area contributed by atoms with Crippen molar-refractivity contribution in [2.24, 2.45) is 0 Å². The third kappa shape index (κ3) is 6.23. The number of benzene rings is 3. The average molecular weight is 439 g/mol. The van der Waals surface area contributed by atoms with Gasteiger partial charge in [0.15, 0.2) is 0 Å². The Labute approximate surface area is 189 Å². The van der Waals surface area contributed by atoms with Crippen molar-refractivity contribution in [3.05, 3.63) is 71.3 Å². The predicted octanol–water partition coefficient (Wildman–Crippen LogP) is 5.44. The second kappa shape index (κ2) is 11.2. The van der Waals surface area contributed by atoms with E-state index >= 15 is 0 Å². The Kier molecular flexibility index (Phi) is 8.08. The summed E-state index contributed by atoms with van der Waals surface area (Å²) in [5.41, 5.74) is 3.03. The Bertz CT molecular complexity index is 909. The molecular formula is C26H30O6. The standard InChI is InChI=1S/C26H30O6/c1-6-18-7-25(31-16-19-9-21(27-2)13-22(10-19)28-3)15-26(8-18)32-17-20-11-23(29-4)14-24(12-20)30-5/h7-15H,6,16-17H2,1-5H3. The number of hydrogen-bond donors (Lipinski definition) is 0. The van der Waals surface area contributed by atoms with Gasteiger partial charge >= 0.3 is 0 Å².